The predicted molar refractivity (Wildman–Crippen MR) is 91.5 cm³/mol. The third-order valence-electron chi connectivity index (χ3n) is 4.16. The number of carbonyl (C=O) groups is 1. The summed E-state index contributed by atoms with van der Waals surface area (Å²) in [6, 6.07) is 13.6. The molecule has 0 atom stereocenters. The van der Waals surface area contributed by atoms with E-state index in [0.29, 0.717) is 12.4 Å². The van der Waals surface area contributed by atoms with Crippen molar-refractivity contribution in [2.45, 2.75) is 19.8 Å². The van der Waals surface area contributed by atoms with Crippen LogP contribution in [-0.4, -0.2) is 30.8 Å². The topological polar surface area (TPSA) is 49.8 Å². The maximum absolute atomic E-state index is 11.5. The van der Waals surface area contributed by atoms with E-state index >= 15 is 0 Å². The molecule has 1 heterocycles. The first-order chi connectivity index (χ1) is 11.2. The van der Waals surface area contributed by atoms with Gasteiger partial charge in [-0.3, -0.25) is 0 Å². The third kappa shape index (κ3) is 3.31. The highest BCUT2D eigenvalue weighted by Crippen LogP contribution is 2.30. The molecule has 0 spiro atoms. The van der Waals surface area contributed by atoms with Crippen LogP contribution in [0.15, 0.2) is 42.5 Å². The van der Waals surface area contributed by atoms with Crippen LogP contribution in [0.1, 0.15) is 30.1 Å². The lowest BCUT2D eigenvalue weighted by molar-refractivity contribution is 0.0692. The number of ether oxygens (including phenoxy) is 1. The minimum absolute atomic E-state index is 0.205. The van der Waals surface area contributed by atoms with E-state index in [4.69, 9.17) is 4.74 Å². The number of hydrogen-bond donors (Lipinski definition) is 1. The molecule has 1 aliphatic rings. The molecule has 4 nitrogen and oxygen atoms in total. The number of carboxylic acids is 1. The standard InChI is InChI=1S/C19H21NO3/c1-2-23-18-9-8-15(13-17(18)19(21)22)14-6-5-7-16(12-14)20-10-3-4-11-20/h5-9,12-13H,2-4,10-11H2,1H3,(H,21,22). The molecular weight excluding hydrogens is 290 g/mol. The van der Waals surface area contributed by atoms with E-state index in [9.17, 15) is 9.90 Å². The number of anilines is 1. The van der Waals surface area contributed by atoms with E-state index in [2.05, 4.69) is 17.0 Å². The summed E-state index contributed by atoms with van der Waals surface area (Å²) in [5.41, 5.74) is 3.33. The zero-order chi connectivity index (χ0) is 16.2. The average Bonchev–Trinajstić information content (AvgIpc) is 3.10. The summed E-state index contributed by atoms with van der Waals surface area (Å²) < 4.78 is 5.41. The van der Waals surface area contributed by atoms with Gasteiger partial charge < -0.3 is 14.7 Å². The average molecular weight is 311 g/mol. The molecule has 0 radical (unpaired) electrons. The van der Waals surface area contributed by atoms with Crippen LogP contribution in [0.5, 0.6) is 5.75 Å². The van der Waals surface area contributed by atoms with E-state index < -0.39 is 5.97 Å². The van der Waals surface area contributed by atoms with Crippen molar-refractivity contribution in [3.8, 4) is 16.9 Å². The molecule has 0 amide bonds. The van der Waals surface area contributed by atoms with Crippen molar-refractivity contribution in [1.82, 2.24) is 0 Å². The number of hydrogen-bond acceptors (Lipinski definition) is 3. The quantitative estimate of drug-likeness (QED) is 0.905. The molecule has 0 saturated carbocycles. The summed E-state index contributed by atoms with van der Waals surface area (Å²) in [5, 5.41) is 9.40. The Morgan fingerprint density at radius 1 is 1.13 bits per heavy atom. The zero-order valence-corrected chi connectivity index (χ0v) is 13.3. The van der Waals surface area contributed by atoms with Crippen LogP contribution in [0.2, 0.25) is 0 Å². The normalized spacial score (nSPS) is 14.0. The van der Waals surface area contributed by atoms with Crippen LogP contribution >= 0.6 is 0 Å². The van der Waals surface area contributed by atoms with Gasteiger partial charge in [-0.15, -0.1) is 0 Å². The fourth-order valence-electron chi connectivity index (χ4n) is 3.02. The summed E-state index contributed by atoms with van der Waals surface area (Å²) in [6.45, 7) is 4.48. The van der Waals surface area contributed by atoms with Gasteiger partial charge in [0.1, 0.15) is 11.3 Å². The molecule has 120 valence electrons. The molecule has 2 aromatic carbocycles. The van der Waals surface area contributed by atoms with E-state index in [0.717, 1.165) is 24.2 Å². The lowest BCUT2D eigenvalue weighted by Gasteiger charge is -2.18. The van der Waals surface area contributed by atoms with Gasteiger partial charge in [0.15, 0.2) is 0 Å². The van der Waals surface area contributed by atoms with Gasteiger partial charge in [0.25, 0.3) is 0 Å². The monoisotopic (exact) mass is 311 g/mol. The van der Waals surface area contributed by atoms with Crippen molar-refractivity contribution in [3.05, 3.63) is 48.0 Å². The summed E-state index contributed by atoms with van der Waals surface area (Å²) in [6.07, 6.45) is 2.47. The maximum Gasteiger partial charge on any atom is 0.339 e. The van der Waals surface area contributed by atoms with Gasteiger partial charge in [-0.05, 0) is 55.2 Å². The molecule has 1 N–H and O–H groups in total. The Bertz CT molecular complexity index is 706. The molecule has 0 bridgehead atoms. The highest BCUT2D eigenvalue weighted by Gasteiger charge is 2.15. The Kier molecular flexibility index (Phi) is 4.51. The highest BCUT2D eigenvalue weighted by molar-refractivity contribution is 5.92. The Morgan fingerprint density at radius 2 is 1.87 bits per heavy atom. The second-order valence-electron chi connectivity index (χ2n) is 5.69. The third-order valence-corrected chi connectivity index (χ3v) is 4.16. The van der Waals surface area contributed by atoms with Gasteiger partial charge in [0.2, 0.25) is 0 Å². The number of carboxylic acid groups (broad SMARTS) is 1. The molecule has 0 unspecified atom stereocenters. The highest BCUT2D eigenvalue weighted by atomic mass is 16.5. The van der Waals surface area contributed by atoms with Crippen LogP contribution in [0.3, 0.4) is 0 Å². The van der Waals surface area contributed by atoms with Gasteiger partial charge in [-0.2, -0.15) is 0 Å². The fraction of sp³-hybridized carbons (Fsp3) is 0.316. The smallest absolute Gasteiger partial charge is 0.339 e. The van der Waals surface area contributed by atoms with Crippen molar-refractivity contribution in [3.63, 3.8) is 0 Å². The van der Waals surface area contributed by atoms with Gasteiger partial charge in [0.05, 0.1) is 6.61 Å². The van der Waals surface area contributed by atoms with Crippen LogP contribution in [0, 0.1) is 0 Å². The number of benzene rings is 2. The van der Waals surface area contributed by atoms with Gasteiger partial charge >= 0.3 is 5.97 Å². The van der Waals surface area contributed by atoms with Gasteiger partial charge in [-0.1, -0.05) is 18.2 Å². The largest absolute Gasteiger partial charge is 0.493 e. The first kappa shape index (κ1) is 15.4. The minimum Gasteiger partial charge on any atom is -0.493 e. The molecule has 4 heteroatoms. The Labute approximate surface area is 136 Å². The number of nitrogens with zero attached hydrogens (tertiary/aromatic N) is 1. The van der Waals surface area contributed by atoms with E-state index in [1.807, 2.05) is 25.1 Å². The first-order valence-corrected chi connectivity index (χ1v) is 8.04. The maximum atomic E-state index is 11.5. The van der Waals surface area contributed by atoms with Gasteiger partial charge in [0, 0.05) is 18.8 Å². The second kappa shape index (κ2) is 6.73. The van der Waals surface area contributed by atoms with Crippen molar-refractivity contribution in [2.75, 3.05) is 24.6 Å². The molecule has 0 aliphatic carbocycles. The van der Waals surface area contributed by atoms with Gasteiger partial charge in [-0.25, -0.2) is 4.79 Å². The summed E-state index contributed by atoms with van der Waals surface area (Å²) in [4.78, 5) is 13.8. The van der Waals surface area contributed by atoms with Crippen molar-refractivity contribution < 1.29 is 14.6 Å². The van der Waals surface area contributed by atoms with Crippen LogP contribution in [0.4, 0.5) is 5.69 Å². The van der Waals surface area contributed by atoms with Crippen LogP contribution in [0.25, 0.3) is 11.1 Å². The van der Waals surface area contributed by atoms with Crippen molar-refractivity contribution in [1.29, 1.82) is 0 Å². The predicted octanol–water partition coefficient (Wildman–Crippen LogP) is 4.05. The number of rotatable bonds is 5. The fourth-order valence-corrected chi connectivity index (χ4v) is 3.02. The molecule has 23 heavy (non-hydrogen) atoms. The lowest BCUT2D eigenvalue weighted by atomic mass is 10.0. The molecular formula is C19H21NO3. The summed E-state index contributed by atoms with van der Waals surface area (Å²) in [7, 11) is 0. The molecule has 1 fully saturated rings. The van der Waals surface area contributed by atoms with E-state index in [-0.39, 0.29) is 5.56 Å². The Balaban J connectivity index is 1.96. The van der Waals surface area contributed by atoms with Crippen molar-refractivity contribution >= 4 is 11.7 Å². The number of aromatic carboxylic acids is 1. The van der Waals surface area contributed by atoms with E-state index in [1.165, 1.54) is 18.5 Å². The Morgan fingerprint density at radius 3 is 2.57 bits per heavy atom. The molecule has 0 aromatic heterocycles. The molecule has 1 saturated heterocycles. The van der Waals surface area contributed by atoms with Crippen LogP contribution < -0.4 is 9.64 Å². The molecule has 2 aromatic rings. The lowest BCUT2D eigenvalue weighted by Crippen LogP contribution is -2.17. The summed E-state index contributed by atoms with van der Waals surface area (Å²) in [5.74, 6) is -0.551. The Hall–Kier alpha value is -2.49. The van der Waals surface area contributed by atoms with Crippen LogP contribution in [-0.2, 0) is 0 Å². The second-order valence-corrected chi connectivity index (χ2v) is 5.69. The molecule has 3 rings (SSSR count). The SMILES string of the molecule is CCOc1ccc(-c2cccc(N3CCCC3)c2)cc1C(=O)O. The minimum atomic E-state index is -0.967. The molecule has 1 aliphatic heterocycles. The summed E-state index contributed by atoms with van der Waals surface area (Å²) >= 11 is 0. The van der Waals surface area contributed by atoms with E-state index in [1.54, 1.807) is 12.1 Å². The first-order valence-electron chi connectivity index (χ1n) is 8.04. The van der Waals surface area contributed by atoms with Crippen molar-refractivity contribution in [2.24, 2.45) is 0 Å². The zero-order valence-electron chi connectivity index (χ0n) is 13.3.